The zero-order valence-corrected chi connectivity index (χ0v) is 34.7. The Morgan fingerprint density at radius 1 is 0.833 bits per heavy atom. The van der Waals surface area contributed by atoms with E-state index in [2.05, 4.69) is 82.3 Å². The number of amides is 2. The maximum atomic E-state index is 13.9. The lowest BCUT2D eigenvalue weighted by Gasteiger charge is -2.30. The van der Waals surface area contributed by atoms with Gasteiger partial charge in [0, 0.05) is 35.5 Å². The molecule has 0 spiro atoms. The Hall–Kier alpha value is -4.18. The van der Waals surface area contributed by atoms with Crippen LogP contribution in [-0.2, 0) is 30.0 Å². The molecule has 0 aliphatic carbocycles. The van der Waals surface area contributed by atoms with E-state index in [0.717, 1.165) is 43.4 Å². The Morgan fingerprint density at radius 3 is 2.19 bits per heavy atom. The highest BCUT2D eigenvalue weighted by Crippen LogP contribution is 2.38. The van der Waals surface area contributed by atoms with E-state index in [-0.39, 0.29) is 46.3 Å². The van der Waals surface area contributed by atoms with Crippen LogP contribution in [0.2, 0.25) is 5.02 Å². The first-order valence-corrected chi connectivity index (χ1v) is 19.7. The van der Waals surface area contributed by atoms with Gasteiger partial charge in [0.2, 0.25) is 11.7 Å². The molecule has 0 fully saturated rings. The summed E-state index contributed by atoms with van der Waals surface area (Å²) >= 11 is 6.49. The molecule has 3 aromatic rings. The van der Waals surface area contributed by atoms with Gasteiger partial charge in [-0.15, -0.1) is 0 Å². The number of carbonyl (C=O) groups excluding carboxylic acids is 4. The molecule has 10 nitrogen and oxygen atoms in total. The number of nitrogens with zero attached hydrogens (tertiary/aromatic N) is 2. The fourth-order valence-electron chi connectivity index (χ4n) is 5.76. The number of benzene rings is 2. The van der Waals surface area contributed by atoms with Gasteiger partial charge in [-0.05, 0) is 66.3 Å². The monoisotopic (exact) mass is 764 g/mol. The van der Waals surface area contributed by atoms with Crippen molar-refractivity contribution in [3.8, 4) is 5.75 Å². The highest BCUT2D eigenvalue weighted by atomic mass is 35.5. The first kappa shape index (κ1) is 44.2. The van der Waals surface area contributed by atoms with E-state index in [4.69, 9.17) is 21.1 Å². The first-order valence-electron chi connectivity index (χ1n) is 19.3. The molecule has 0 unspecified atom stereocenters. The average Bonchev–Trinajstić information content (AvgIpc) is 3.60. The van der Waals surface area contributed by atoms with Crippen LogP contribution in [0.3, 0.4) is 0 Å². The minimum atomic E-state index is -1.44. The SMILES string of the molecule is CCCCCCOC(=O)c1nccn1[C@H](C(=O)Nc1cc(NC(=O)CCCOc2ccc(C(C)(C)CC)cc2C(C)(C)CC)ccc1Cl)C(=O)C(C)(C)C. The fourth-order valence-corrected chi connectivity index (χ4v) is 5.92. The molecule has 0 aliphatic heterocycles. The summed E-state index contributed by atoms with van der Waals surface area (Å²) in [6, 6.07) is 9.73. The molecule has 0 aliphatic rings. The Balaban J connectivity index is 1.70. The number of imidazole rings is 1. The number of nitrogens with one attached hydrogen (secondary N) is 2. The largest absolute Gasteiger partial charge is 0.493 e. The molecule has 1 heterocycles. The smallest absolute Gasteiger partial charge is 0.374 e. The number of rotatable bonds is 20. The molecule has 1 aromatic heterocycles. The zero-order valence-electron chi connectivity index (χ0n) is 34.0. The van der Waals surface area contributed by atoms with Crippen LogP contribution in [0.25, 0.3) is 0 Å². The molecular formula is C43H61ClN4O6. The van der Waals surface area contributed by atoms with Crippen molar-refractivity contribution in [2.24, 2.45) is 5.41 Å². The van der Waals surface area contributed by atoms with Gasteiger partial charge in [-0.2, -0.15) is 0 Å². The van der Waals surface area contributed by atoms with Crippen molar-refractivity contribution in [3.63, 3.8) is 0 Å². The van der Waals surface area contributed by atoms with E-state index in [1.807, 2.05) is 0 Å². The number of carbonyl (C=O) groups is 4. The van der Waals surface area contributed by atoms with Crippen LogP contribution in [0.15, 0.2) is 48.8 Å². The molecule has 3 rings (SSSR count). The van der Waals surface area contributed by atoms with E-state index in [1.165, 1.54) is 28.6 Å². The molecule has 1 atom stereocenters. The molecule has 0 bridgehead atoms. The van der Waals surface area contributed by atoms with Crippen LogP contribution < -0.4 is 15.4 Å². The Morgan fingerprint density at radius 2 is 1.54 bits per heavy atom. The summed E-state index contributed by atoms with van der Waals surface area (Å²) in [6.07, 6.45) is 9.15. The number of ketones is 1. The van der Waals surface area contributed by atoms with Gasteiger partial charge in [0.15, 0.2) is 11.8 Å². The van der Waals surface area contributed by atoms with Crippen molar-refractivity contribution in [3.05, 3.63) is 70.8 Å². The highest BCUT2D eigenvalue weighted by molar-refractivity contribution is 6.34. The number of halogens is 1. The third kappa shape index (κ3) is 11.9. The number of ether oxygens (including phenoxy) is 2. The summed E-state index contributed by atoms with van der Waals surface area (Å²) in [6.45, 7) is 21.1. The van der Waals surface area contributed by atoms with Gasteiger partial charge in [-0.3, -0.25) is 14.4 Å². The number of Topliss-reactive ketones (excluding diaryl/α,β-unsaturated/α-hetero) is 1. The molecule has 2 aromatic carbocycles. The molecule has 0 saturated heterocycles. The predicted octanol–water partition coefficient (Wildman–Crippen LogP) is 10.2. The van der Waals surface area contributed by atoms with Gasteiger partial charge in [0.05, 0.1) is 23.9 Å². The third-order valence-corrected chi connectivity index (χ3v) is 10.5. The van der Waals surface area contributed by atoms with E-state index in [9.17, 15) is 19.2 Å². The highest BCUT2D eigenvalue weighted by Gasteiger charge is 2.38. The lowest BCUT2D eigenvalue weighted by Crippen LogP contribution is -2.39. The fraction of sp³-hybridized carbons (Fsp3) is 0.558. The van der Waals surface area contributed by atoms with Crippen molar-refractivity contribution in [1.29, 1.82) is 0 Å². The van der Waals surface area contributed by atoms with Crippen LogP contribution in [0, 0.1) is 5.41 Å². The van der Waals surface area contributed by atoms with Crippen LogP contribution in [0.1, 0.15) is 148 Å². The van der Waals surface area contributed by atoms with E-state index < -0.39 is 29.1 Å². The third-order valence-electron chi connectivity index (χ3n) is 10.2. The van der Waals surface area contributed by atoms with Crippen molar-refractivity contribution in [2.45, 2.75) is 137 Å². The van der Waals surface area contributed by atoms with Gasteiger partial charge in [-0.1, -0.05) is 112 Å². The molecule has 2 N–H and O–H groups in total. The van der Waals surface area contributed by atoms with Crippen LogP contribution in [0.5, 0.6) is 5.75 Å². The van der Waals surface area contributed by atoms with Gasteiger partial charge in [0.25, 0.3) is 5.91 Å². The van der Waals surface area contributed by atoms with Crippen LogP contribution >= 0.6 is 11.6 Å². The Labute approximate surface area is 327 Å². The van der Waals surface area contributed by atoms with Crippen molar-refractivity contribution >= 4 is 46.5 Å². The standard InChI is InChI=1S/C43H61ClN4O6/c1-11-14-15-16-25-54-40(52)38-45-23-24-48(38)36(37(50)41(4,5)6)39(51)47-33-28-30(20-21-32(33)44)46-35(49)18-17-26-53-34-22-19-29(42(7,8)12-2)27-31(34)43(9,10)13-3/h19-24,27-28,36H,11-18,25-26H2,1-10H3,(H,46,49)(H,47,51)/t36-/m0/s1. The second-order valence-corrected chi connectivity index (χ2v) is 16.6. The normalized spacial score (nSPS) is 12.6. The zero-order chi connectivity index (χ0) is 40.3. The summed E-state index contributed by atoms with van der Waals surface area (Å²) in [5.41, 5.74) is 2.08. The van der Waals surface area contributed by atoms with Gasteiger partial charge in [0.1, 0.15) is 5.75 Å². The molecule has 296 valence electrons. The van der Waals surface area contributed by atoms with E-state index in [0.29, 0.717) is 25.1 Å². The number of esters is 1. The van der Waals surface area contributed by atoms with Crippen molar-refractivity contribution < 1.29 is 28.7 Å². The van der Waals surface area contributed by atoms with Gasteiger partial charge < -0.3 is 24.7 Å². The first-order chi connectivity index (χ1) is 25.4. The number of hydrogen-bond donors (Lipinski definition) is 2. The van der Waals surface area contributed by atoms with Crippen LogP contribution in [0.4, 0.5) is 11.4 Å². The van der Waals surface area contributed by atoms with E-state index in [1.54, 1.807) is 32.9 Å². The summed E-state index contributed by atoms with van der Waals surface area (Å²) in [5, 5.41) is 5.81. The second-order valence-electron chi connectivity index (χ2n) is 16.2. The summed E-state index contributed by atoms with van der Waals surface area (Å²) in [5.74, 6) is -1.43. The quantitative estimate of drug-likeness (QED) is 0.0666. The minimum Gasteiger partial charge on any atom is -0.493 e. The van der Waals surface area contributed by atoms with E-state index >= 15 is 0 Å². The second kappa shape index (κ2) is 19.4. The number of hydrogen-bond acceptors (Lipinski definition) is 7. The van der Waals surface area contributed by atoms with Crippen molar-refractivity contribution in [2.75, 3.05) is 23.8 Å². The summed E-state index contributed by atoms with van der Waals surface area (Å²) < 4.78 is 12.9. The Bertz CT molecular complexity index is 1760. The number of anilines is 2. The molecular weight excluding hydrogens is 704 g/mol. The lowest BCUT2D eigenvalue weighted by molar-refractivity contribution is -0.135. The predicted molar refractivity (Wildman–Crippen MR) is 217 cm³/mol. The average molecular weight is 765 g/mol. The molecule has 11 heteroatoms. The molecule has 54 heavy (non-hydrogen) atoms. The number of aromatic nitrogens is 2. The molecule has 0 radical (unpaired) electrons. The summed E-state index contributed by atoms with van der Waals surface area (Å²) in [4.78, 5) is 57.7. The van der Waals surface area contributed by atoms with Gasteiger partial charge >= 0.3 is 5.97 Å². The minimum absolute atomic E-state index is 0.0531. The lowest BCUT2D eigenvalue weighted by atomic mass is 9.76. The Kier molecular flexibility index (Phi) is 15.9. The topological polar surface area (TPSA) is 129 Å². The number of unbranched alkanes of at least 4 members (excludes halogenated alkanes) is 3. The van der Waals surface area contributed by atoms with Crippen molar-refractivity contribution in [1.82, 2.24) is 9.55 Å². The maximum absolute atomic E-state index is 13.9. The molecule has 2 amide bonds. The van der Waals surface area contributed by atoms with Crippen LogP contribution in [-0.4, -0.2) is 46.3 Å². The van der Waals surface area contributed by atoms with Gasteiger partial charge in [-0.25, -0.2) is 9.78 Å². The molecule has 0 saturated carbocycles. The summed E-state index contributed by atoms with van der Waals surface area (Å²) in [7, 11) is 0. The maximum Gasteiger partial charge on any atom is 0.374 e.